The van der Waals surface area contributed by atoms with Crippen molar-refractivity contribution >= 4 is 28.1 Å². The van der Waals surface area contributed by atoms with E-state index in [-0.39, 0.29) is 24.4 Å². The quantitative estimate of drug-likeness (QED) is 0.278. The number of rotatable bonds is 15. The first kappa shape index (κ1) is 33.1. The number of halogens is 1. The van der Waals surface area contributed by atoms with Gasteiger partial charge in [-0.2, -0.15) is 8.42 Å². The summed E-state index contributed by atoms with van der Waals surface area (Å²) in [5, 5.41) is 8.45. The zero-order valence-electron chi connectivity index (χ0n) is 23.1. The monoisotopic (exact) mass is 555 g/mol. The molecule has 1 aromatic carbocycles. The summed E-state index contributed by atoms with van der Waals surface area (Å²) in [5.74, 6) is -0.914. The molecule has 0 saturated heterocycles. The third-order valence-electron chi connectivity index (χ3n) is 5.39. The summed E-state index contributed by atoms with van der Waals surface area (Å²) in [6.45, 7) is 11.4. The summed E-state index contributed by atoms with van der Waals surface area (Å²) in [6.07, 6.45) is 1.31. The van der Waals surface area contributed by atoms with Crippen molar-refractivity contribution in [1.29, 1.82) is 0 Å². The number of carbonyl (C=O) groups excluding carboxylic acids is 3. The smallest absolute Gasteiger partial charge is 0.408 e. The van der Waals surface area contributed by atoms with Gasteiger partial charge in [-0.3, -0.25) is 9.59 Å². The van der Waals surface area contributed by atoms with Crippen LogP contribution in [0.5, 0.6) is 0 Å². The zero-order chi connectivity index (χ0) is 28.9. The topological polar surface area (TPSA) is 131 Å². The van der Waals surface area contributed by atoms with Crippen LogP contribution in [-0.2, 0) is 31.2 Å². The Kier molecular flexibility index (Phi) is 14.0. The van der Waals surface area contributed by atoms with E-state index in [0.29, 0.717) is 24.7 Å². The van der Waals surface area contributed by atoms with Gasteiger partial charge < -0.3 is 20.7 Å². The van der Waals surface area contributed by atoms with Crippen molar-refractivity contribution in [1.82, 2.24) is 16.0 Å². The highest BCUT2D eigenvalue weighted by Crippen LogP contribution is 2.12. The van der Waals surface area contributed by atoms with Gasteiger partial charge >= 0.3 is 16.3 Å². The fourth-order valence-corrected chi connectivity index (χ4v) is 4.13. The number of ether oxygens (including phenoxy) is 1. The van der Waals surface area contributed by atoms with E-state index in [4.69, 9.17) is 4.74 Å². The van der Waals surface area contributed by atoms with Gasteiger partial charge in [0.15, 0.2) is 0 Å². The Labute approximate surface area is 226 Å². The fraction of sp³-hybridized carbons (Fsp3) is 0.593. The standard InChI is InChI=1S/C27H42FN3O6S/c1-18(2)14-22(12-13-38(28,35)36)29-25(32)23(15-19(3)4)30-26(33)24(16-20(5)6)31-27(34)37-17-21-10-8-7-9-11-21/h7-13,18-20,22-24H,14-17H2,1-6H3,(H,29,32)(H,30,33)(H,31,34)/b13-12+/t22-,23+,24+/m1/s1. The molecular formula is C27H42FN3O6S. The van der Waals surface area contributed by atoms with Gasteiger partial charge in [-0.1, -0.05) is 71.9 Å². The second-order valence-corrected chi connectivity index (χ2v) is 11.9. The van der Waals surface area contributed by atoms with Crippen molar-refractivity contribution < 1.29 is 31.4 Å². The maximum Gasteiger partial charge on any atom is 0.408 e. The molecule has 0 aromatic heterocycles. The number of alkyl carbamates (subject to hydrolysis) is 1. The maximum atomic E-state index is 13.2. The summed E-state index contributed by atoms with van der Waals surface area (Å²) in [5.41, 5.74) is 0.798. The molecule has 0 saturated carbocycles. The van der Waals surface area contributed by atoms with E-state index in [1.165, 1.54) is 0 Å². The van der Waals surface area contributed by atoms with Gasteiger partial charge in [0, 0.05) is 6.04 Å². The first-order valence-corrected chi connectivity index (χ1v) is 14.3. The molecule has 0 heterocycles. The SMILES string of the molecule is CC(C)C[C@@H](/C=C/S(=O)(=O)F)NC(=O)[C@H](CC(C)C)NC(=O)[C@H](CC(C)C)NC(=O)OCc1ccccc1. The third kappa shape index (κ3) is 14.7. The number of benzene rings is 1. The Morgan fingerprint density at radius 2 is 1.32 bits per heavy atom. The van der Waals surface area contributed by atoms with Crippen LogP contribution in [0.1, 0.15) is 66.4 Å². The van der Waals surface area contributed by atoms with Gasteiger partial charge in [0.25, 0.3) is 0 Å². The van der Waals surface area contributed by atoms with Crippen molar-refractivity contribution in [3.8, 4) is 0 Å². The first-order chi connectivity index (χ1) is 17.7. The Bertz CT molecular complexity index is 1030. The minimum Gasteiger partial charge on any atom is -0.445 e. The highest BCUT2D eigenvalue weighted by Gasteiger charge is 2.29. The average Bonchev–Trinajstić information content (AvgIpc) is 2.79. The predicted octanol–water partition coefficient (Wildman–Crippen LogP) is 4.20. The summed E-state index contributed by atoms with van der Waals surface area (Å²) in [6, 6.07) is 6.47. The summed E-state index contributed by atoms with van der Waals surface area (Å²) < 4.78 is 40.2. The van der Waals surface area contributed by atoms with Crippen molar-refractivity contribution in [3.05, 3.63) is 47.4 Å². The zero-order valence-corrected chi connectivity index (χ0v) is 23.9. The molecule has 3 atom stereocenters. The highest BCUT2D eigenvalue weighted by molar-refractivity contribution is 7.89. The van der Waals surface area contributed by atoms with E-state index in [1.807, 2.05) is 71.9 Å². The van der Waals surface area contributed by atoms with Gasteiger partial charge in [-0.05, 0) is 48.7 Å². The highest BCUT2D eigenvalue weighted by atomic mass is 32.3. The molecule has 0 spiro atoms. The summed E-state index contributed by atoms with van der Waals surface area (Å²) in [7, 11) is -4.86. The van der Waals surface area contributed by atoms with Crippen LogP contribution in [0.25, 0.3) is 0 Å². The molecule has 0 unspecified atom stereocenters. The number of carbonyl (C=O) groups is 3. The molecule has 214 valence electrons. The molecule has 0 fully saturated rings. The second kappa shape index (κ2) is 16.1. The van der Waals surface area contributed by atoms with Crippen LogP contribution in [0.3, 0.4) is 0 Å². The molecule has 3 amide bonds. The number of hydrogen-bond acceptors (Lipinski definition) is 6. The molecular weight excluding hydrogens is 513 g/mol. The van der Waals surface area contributed by atoms with Crippen molar-refractivity contribution in [3.63, 3.8) is 0 Å². The molecule has 1 aromatic rings. The Balaban J connectivity index is 2.97. The molecule has 0 bridgehead atoms. The van der Waals surface area contributed by atoms with Gasteiger partial charge in [0.1, 0.15) is 18.7 Å². The molecule has 3 N–H and O–H groups in total. The van der Waals surface area contributed by atoms with E-state index in [2.05, 4.69) is 16.0 Å². The van der Waals surface area contributed by atoms with Crippen LogP contribution in [0.15, 0.2) is 41.8 Å². The molecule has 0 aliphatic carbocycles. The molecule has 0 aliphatic rings. The lowest BCUT2D eigenvalue weighted by Crippen LogP contribution is -2.55. The lowest BCUT2D eigenvalue weighted by atomic mass is 9.99. The van der Waals surface area contributed by atoms with Crippen LogP contribution in [0.2, 0.25) is 0 Å². The van der Waals surface area contributed by atoms with Crippen LogP contribution < -0.4 is 16.0 Å². The van der Waals surface area contributed by atoms with Gasteiger partial charge in [-0.15, -0.1) is 3.89 Å². The fourth-order valence-electron chi connectivity index (χ4n) is 3.75. The van der Waals surface area contributed by atoms with Crippen LogP contribution in [0.4, 0.5) is 8.68 Å². The van der Waals surface area contributed by atoms with Gasteiger partial charge in [-0.25, -0.2) is 4.79 Å². The summed E-state index contributed by atoms with van der Waals surface area (Å²) >= 11 is 0. The second-order valence-electron chi connectivity index (χ2n) is 10.6. The largest absolute Gasteiger partial charge is 0.445 e. The van der Waals surface area contributed by atoms with Crippen LogP contribution in [-0.4, -0.2) is 44.5 Å². The van der Waals surface area contributed by atoms with E-state index in [0.717, 1.165) is 11.6 Å². The molecule has 11 heteroatoms. The first-order valence-electron chi connectivity index (χ1n) is 12.9. The average molecular weight is 556 g/mol. The van der Waals surface area contributed by atoms with E-state index in [9.17, 15) is 26.7 Å². The normalized spacial score (nSPS) is 14.4. The Hall–Kier alpha value is -2.95. The lowest BCUT2D eigenvalue weighted by molar-refractivity contribution is -0.130. The van der Waals surface area contributed by atoms with Crippen LogP contribution in [0, 0.1) is 17.8 Å². The van der Waals surface area contributed by atoms with E-state index in [1.54, 1.807) is 0 Å². The number of hydrogen-bond donors (Lipinski definition) is 3. The number of amides is 3. The van der Waals surface area contributed by atoms with Gasteiger partial charge in [0.2, 0.25) is 11.8 Å². The maximum absolute atomic E-state index is 13.2. The minimum absolute atomic E-state index is 0.0312. The molecule has 9 nitrogen and oxygen atoms in total. The minimum atomic E-state index is -4.86. The molecule has 0 radical (unpaired) electrons. The predicted molar refractivity (Wildman–Crippen MR) is 145 cm³/mol. The molecule has 38 heavy (non-hydrogen) atoms. The van der Waals surface area contributed by atoms with Crippen molar-refractivity contribution in [2.75, 3.05) is 0 Å². The van der Waals surface area contributed by atoms with E-state index < -0.39 is 46.3 Å². The van der Waals surface area contributed by atoms with Crippen molar-refractivity contribution in [2.24, 2.45) is 17.8 Å². The summed E-state index contributed by atoms with van der Waals surface area (Å²) in [4.78, 5) is 38.8. The Morgan fingerprint density at radius 3 is 1.82 bits per heavy atom. The lowest BCUT2D eigenvalue weighted by Gasteiger charge is -2.26. The number of nitrogens with one attached hydrogen (secondary N) is 3. The third-order valence-corrected chi connectivity index (χ3v) is 5.88. The molecule has 1 rings (SSSR count). The van der Waals surface area contributed by atoms with Crippen LogP contribution >= 0.6 is 0 Å². The van der Waals surface area contributed by atoms with Gasteiger partial charge in [0.05, 0.1) is 5.41 Å². The Morgan fingerprint density at radius 1 is 0.816 bits per heavy atom. The van der Waals surface area contributed by atoms with Crippen molar-refractivity contribution in [2.45, 2.75) is 85.5 Å². The molecule has 0 aliphatic heterocycles. The van der Waals surface area contributed by atoms with E-state index >= 15 is 0 Å².